The van der Waals surface area contributed by atoms with E-state index in [1.807, 2.05) is 35.7 Å². The molecule has 2 aromatic carbocycles. The first-order chi connectivity index (χ1) is 14.0. The Hall–Kier alpha value is -3.60. The molecule has 2 heterocycles. The fourth-order valence-electron chi connectivity index (χ4n) is 2.79. The van der Waals surface area contributed by atoms with Gasteiger partial charge < -0.3 is 0 Å². The van der Waals surface area contributed by atoms with E-state index >= 15 is 0 Å². The number of hydrogen-bond acceptors (Lipinski definition) is 6. The number of thiazole rings is 1. The number of fused-ring (bicyclic) bond motifs is 1. The van der Waals surface area contributed by atoms with Crippen molar-refractivity contribution in [1.29, 1.82) is 5.26 Å². The molecule has 4 rings (SSSR count). The summed E-state index contributed by atoms with van der Waals surface area (Å²) in [7, 11) is 0. The van der Waals surface area contributed by atoms with Gasteiger partial charge in [-0.15, -0.1) is 11.3 Å². The van der Waals surface area contributed by atoms with E-state index in [1.165, 1.54) is 23.5 Å². The quantitative estimate of drug-likeness (QED) is 0.176. The van der Waals surface area contributed by atoms with Gasteiger partial charge in [-0.1, -0.05) is 29.8 Å². The number of nitriles is 1. The van der Waals surface area contributed by atoms with Gasteiger partial charge in [-0.3, -0.25) is 10.1 Å². The Balaban J connectivity index is 1.69. The number of non-ortho nitro benzene ring substituents is 1. The molecule has 0 N–H and O–H groups in total. The maximum atomic E-state index is 10.8. The minimum absolute atomic E-state index is 0.0141. The van der Waals surface area contributed by atoms with Gasteiger partial charge in [0.05, 0.1) is 21.7 Å². The fourth-order valence-corrected chi connectivity index (χ4v) is 3.79. The standard InChI is InChI=1S/C21H11ClN4O2S/c22-20-15(9-14-3-1-2-4-18(14)24-20)10-16(11-23)21-25-19(12-29-21)13-5-7-17(8-6-13)26(27)28/h1-10,12H. The van der Waals surface area contributed by atoms with Gasteiger partial charge in [-0.2, -0.15) is 5.26 Å². The van der Waals surface area contributed by atoms with Crippen LogP contribution in [0.1, 0.15) is 10.6 Å². The Labute approximate surface area is 174 Å². The zero-order valence-corrected chi connectivity index (χ0v) is 16.3. The van der Waals surface area contributed by atoms with Gasteiger partial charge in [-0.05, 0) is 30.3 Å². The Morgan fingerprint density at radius 1 is 1.17 bits per heavy atom. The first kappa shape index (κ1) is 18.7. The van der Waals surface area contributed by atoms with E-state index in [0.29, 0.717) is 27.0 Å². The van der Waals surface area contributed by atoms with Gasteiger partial charge in [0.1, 0.15) is 16.2 Å². The molecule has 0 saturated carbocycles. The molecule has 4 aromatic rings. The molecule has 0 aliphatic rings. The number of nitro groups is 1. The highest BCUT2D eigenvalue weighted by molar-refractivity contribution is 7.11. The third-order valence-electron chi connectivity index (χ3n) is 4.23. The van der Waals surface area contributed by atoms with Crippen LogP contribution in [0.5, 0.6) is 0 Å². The summed E-state index contributed by atoms with van der Waals surface area (Å²) in [5, 5.41) is 24.0. The van der Waals surface area contributed by atoms with Gasteiger partial charge in [-0.25, -0.2) is 9.97 Å². The summed E-state index contributed by atoms with van der Waals surface area (Å²) in [6.45, 7) is 0. The predicted octanol–water partition coefficient (Wildman–Crippen LogP) is 5.98. The number of nitro benzene ring substituents is 1. The molecule has 0 atom stereocenters. The summed E-state index contributed by atoms with van der Waals surface area (Å²) in [6.07, 6.45) is 1.67. The second kappa shape index (κ2) is 7.80. The summed E-state index contributed by atoms with van der Waals surface area (Å²) < 4.78 is 0. The maximum absolute atomic E-state index is 10.8. The molecule has 0 radical (unpaired) electrons. The van der Waals surface area contributed by atoms with E-state index in [1.54, 1.807) is 18.2 Å². The van der Waals surface area contributed by atoms with Crippen LogP contribution in [0.25, 0.3) is 33.8 Å². The lowest BCUT2D eigenvalue weighted by molar-refractivity contribution is -0.384. The molecule has 0 bridgehead atoms. The van der Waals surface area contributed by atoms with Gasteiger partial charge in [0.15, 0.2) is 0 Å². The van der Waals surface area contributed by atoms with Gasteiger partial charge >= 0.3 is 0 Å². The molecule has 0 amide bonds. The lowest BCUT2D eigenvalue weighted by Crippen LogP contribution is -1.88. The molecule has 0 saturated heterocycles. The highest BCUT2D eigenvalue weighted by Crippen LogP contribution is 2.30. The van der Waals surface area contributed by atoms with Crippen molar-refractivity contribution in [1.82, 2.24) is 9.97 Å². The Kier molecular flexibility index (Phi) is 5.04. The Morgan fingerprint density at radius 3 is 2.66 bits per heavy atom. The van der Waals surface area contributed by atoms with Crippen molar-refractivity contribution in [2.75, 3.05) is 0 Å². The second-order valence-electron chi connectivity index (χ2n) is 6.07. The number of pyridine rings is 1. The average Bonchev–Trinajstić information content (AvgIpc) is 3.22. The topological polar surface area (TPSA) is 92.7 Å². The molecular weight excluding hydrogens is 408 g/mol. The average molecular weight is 419 g/mol. The third-order valence-corrected chi connectivity index (χ3v) is 5.41. The lowest BCUT2D eigenvalue weighted by Gasteiger charge is -2.02. The van der Waals surface area contributed by atoms with Crippen molar-refractivity contribution in [2.24, 2.45) is 0 Å². The number of hydrogen-bond donors (Lipinski definition) is 0. The van der Waals surface area contributed by atoms with Gasteiger partial charge in [0, 0.05) is 34.0 Å². The van der Waals surface area contributed by atoms with Gasteiger partial charge in [0.25, 0.3) is 5.69 Å². The lowest BCUT2D eigenvalue weighted by atomic mass is 10.1. The summed E-state index contributed by atoms with van der Waals surface area (Å²) >= 11 is 7.61. The van der Waals surface area contributed by atoms with Crippen LogP contribution in [-0.4, -0.2) is 14.9 Å². The number of nitrogens with zero attached hydrogens (tertiary/aromatic N) is 4. The van der Waals surface area contributed by atoms with E-state index < -0.39 is 4.92 Å². The number of aromatic nitrogens is 2. The molecule has 0 unspecified atom stereocenters. The molecule has 2 aromatic heterocycles. The van der Waals surface area contributed by atoms with Crippen molar-refractivity contribution >= 4 is 51.2 Å². The van der Waals surface area contributed by atoms with Crippen molar-refractivity contribution in [3.63, 3.8) is 0 Å². The molecule has 0 fully saturated rings. The first-order valence-electron chi connectivity index (χ1n) is 8.43. The highest BCUT2D eigenvalue weighted by atomic mass is 35.5. The van der Waals surface area contributed by atoms with Crippen LogP contribution < -0.4 is 0 Å². The van der Waals surface area contributed by atoms with E-state index in [9.17, 15) is 15.4 Å². The van der Waals surface area contributed by atoms with Crippen molar-refractivity contribution in [3.8, 4) is 17.3 Å². The van der Waals surface area contributed by atoms with Crippen LogP contribution in [0.2, 0.25) is 5.15 Å². The largest absolute Gasteiger partial charge is 0.269 e. The summed E-state index contributed by atoms with van der Waals surface area (Å²) in [6, 6.07) is 17.8. The van der Waals surface area contributed by atoms with E-state index in [2.05, 4.69) is 16.0 Å². The van der Waals surface area contributed by atoms with E-state index in [0.717, 1.165) is 16.5 Å². The smallest absolute Gasteiger partial charge is 0.258 e. The molecule has 140 valence electrons. The van der Waals surface area contributed by atoms with Crippen molar-refractivity contribution < 1.29 is 4.92 Å². The monoisotopic (exact) mass is 418 g/mol. The molecule has 0 spiro atoms. The van der Waals surface area contributed by atoms with Crippen LogP contribution in [-0.2, 0) is 0 Å². The summed E-state index contributed by atoms with van der Waals surface area (Å²) in [5.41, 5.74) is 3.17. The molecule has 0 aliphatic heterocycles. The third kappa shape index (κ3) is 3.85. The minimum Gasteiger partial charge on any atom is -0.258 e. The predicted molar refractivity (Wildman–Crippen MR) is 114 cm³/mol. The molecule has 0 aliphatic carbocycles. The minimum atomic E-state index is -0.450. The second-order valence-corrected chi connectivity index (χ2v) is 7.29. The van der Waals surface area contributed by atoms with E-state index in [4.69, 9.17) is 11.6 Å². The van der Waals surface area contributed by atoms with Crippen LogP contribution in [0.3, 0.4) is 0 Å². The Morgan fingerprint density at radius 2 is 1.93 bits per heavy atom. The SMILES string of the molecule is N#CC(=Cc1cc2ccccc2nc1Cl)c1nc(-c2ccc([N+](=O)[O-])cc2)cs1. The molecule has 8 heteroatoms. The van der Waals surface area contributed by atoms with Crippen LogP contribution in [0, 0.1) is 21.4 Å². The Bertz CT molecular complexity index is 1310. The fraction of sp³-hybridized carbons (Fsp3) is 0. The normalized spacial score (nSPS) is 11.4. The molecule has 6 nitrogen and oxygen atoms in total. The summed E-state index contributed by atoms with van der Waals surface area (Å²) in [4.78, 5) is 19.2. The zero-order chi connectivity index (χ0) is 20.4. The molecular formula is C21H11ClN4O2S. The van der Waals surface area contributed by atoms with Crippen LogP contribution in [0.4, 0.5) is 5.69 Å². The maximum Gasteiger partial charge on any atom is 0.269 e. The van der Waals surface area contributed by atoms with Crippen LogP contribution in [0.15, 0.2) is 60.0 Å². The number of para-hydroxylation sites is 1. The highest BCUT2D eigenvalue weighted by Gasteiger charge is 2.12. The number of benzene rings is 2. The van der Waals surface area contributed by atoms with Crippen molar-refractivity contribution in [2.45, 2.75) is 0 Å². The van der Waals surface area contributed by atoms with Crippen molar-refractivity contribution in [3.05, 3.63) is 85.8 Å². The number of halogens is 1. The van der Waals surface area contributed by atoms with Gasteiger partial charge in [0.2, 0.25) is 0 Å². The zero-order valence-electron chi connectivity index (χ0n) is 14.7. The van der Waals surface area contributed by atoms with Crippen LogP contribution >= 0.6 is 22.9 Å². The summed E-state index contributed by atoms with van der Waals surface area (Å²) in [5.74, 6) is 0. The number of rotatable bonds is 4. The van der Waals surface area contributed by atoms with E-state index in [-0.39, 0.29) is 5.69 Å². The first-order valence-corrected chi connectivity index (χ1v) is 9.69. The number of allylic oxidation sites excluding steroid dienone is 1. The molecule has 29 heavy (non-hydrogen) atoms.